The molecule has 1 N–H and O–H groups in total. The number of nitrogens with zero attached hydrogens (tertiary/aromatic N) is 2. The maximum absolute atomic E-state index is 13.6. The maximum atomic E-state index is 13.6. The topological polar surface area (TPSA) is 64.4 Å². The fourth-order valence-corrected chi connectivity index (χ4v) is 1.55. The third kappa shape index (κ3) is 2.13. The first kappa shape index (κ1) is 12.3. The van der Waals surface area contributed by atoms with Gasteiger partial charge in [0.05, 0.1) is 10.9 Å². The van der Waals surface area contributed by atoms with E-state index >= 15 is 0 Å². The van der Waals surface area contributed by atoms with Crippen LogP contribution in [-0.2, 0) is 4.74 Å². The van der Waals surface area contributed by atoms with Gasteiger partial charge in [-0.25, -0.2) is 4.79 Å². The molecular formula is C12H13FN2O3. The number of halogens is 1. The molecule has 6 heteroatoms. The molecule has 0 aliphatic carbocycles. The van der Waals surface area contributed by atoms with Crippen molar-refractivity contribution >= 4 is 17.0 Å². The Bertz CT molecular complexity index is 614. The molecule has 2 aromatic rings. The van der Waals surface area contributed by atoms with E-state index < -0.39 is 17.6 Å². The Kier molecular flexibility index (Phi) is 2.73. The third-order valence-corrected chi connectivity index (χ3v) is 2.21. The molecule has 1 aromatic carbocycles. The molecule has 0 radical (unpaired) electrons. The summed E-state index contributed by atoms with van der Waals surface area (Å²) in [6.07, 6.45) is -0.790. The Balaban J connectivity index is 2.53. The van der Waals surface area contributed by atoms with Crippen LogP contribution in [0.15, 0.2) is 18.2 Å². The molecule has 18 heavy (non-hydrogen) atoms. The van der Waals surface area contributed by atoms with Gasteiger partial charge in [-0.15, -0.1) is 5.10 Å². The summed E-state index contributed by atoms with van der Waals surface area (Å²) in [5.41, 5.74) is -0.537. The van der Waals surface area contributed by atoms with Crippen LogP contribution in [0.3, 0.4) is 0 Å². The summed E-state index contributed by atoms with van der Waals surface area (Å²) in [5, 5.41) is 12.9. The SMILES string of the molecule is CC(C)(C)OC(=O)n1nc(F)c2c(O)cccc21. The van der Waals surface area contributed by atoms with Crippen LogP contribution in [0, 0.1) is 5.95 Å². The second kappa shape index (κ2) is 3.97. The summed E-state index contributed by atoms with van der Waals surface area (Å²) in [6.45, 7) is 5.10. The van der Waals surface area contributed by atoms with Gasteiger partial charge in [0.1, 0.15) is 11.4 Å². The summed E-state index contributed by atoms with van der Waals surface area (Å²) < 4.78 is 19.5. The van der Waals surface area contributed by atoms with Gasteiger partial charge in [-0.3, -0.25) is 0 Å². The second-order valence-corrected chi connectivity index (χ2v) is 4.85. The number of hydrogen-bond donors (Lipinski definition) is 1. The highest BCUT2D eigenvalue weighted by Gasteiger charge is 2.23. The summed E-state index contributed by atoms with van der Waals surface area (Å²) in [7, 11) is 0. The highest BCUT2D eigenvalue weighted by atomic mass is 19.1. The zero-order valence-corrected chi connectivity index (χ0v) is 10.3. The van der Waals surface area contributed by atoms with Crippen molar-refractivity contribution in [2.45, 2.75) is 26.4 Å². The normalized spacial score (nSPS) is 11.8. The lowest BCUT2D eigenvalue weighted by Gasteiger charge is -2.19. The van der Waals surface area contributed by atoms with Gasteiger partial charge in [0.25, 0.3) is 0 Å². The van der Waals surface area contributed by atoms with Gasteiger partial charge in [-0.1, -0.05) is 6.07 Å². The lowest BCUT2D eigenvalue weighted by Crippen LogP contribution is -2.27. The number of aromatic hydroxyl groups is 1. The molecule has 0 aliphatic rings. The van der Waals surface area contributed by atoms with Gasteiger partial charge in [0.15, 0.2) is 0 Å². The van der Waals surface area contributed by atoms with Gasteiger partial charge in [-0.2, -0.15) is 9.07 Å². The average Bonchev–Trinajstić information content (AvgIpc) is 2.55. The summed E-state index contributed by atoms with van der Waals surface area (Å²) in [4.78, 5) is 11.8. The number of aromatic nitrogens is 2. The Labute approximate surface area is 103 Å². The van der Waals surface area contributed by atoms with E-state index in [9.17, 15) is 14.3 Å². The molecule has 0 saturated heterocycles. The van der Waals surface area contributed by atoms with Crippen LogP contribution in [0.5, 0.6) is 5.75 Å². The van der Waals surface area contributed by atoms with Crippen molar-refractivity contribution in [1.29, 1.82) is 0 Å². The van der Waals surface area contributed by atoms with E-state index in [4.69, 9.17) is 4.74 Å². The quantitative estimate of drug-likeness (QED) is 0.782. The van der Waals surface area contributed by atoms with Gasteiger partial charge < -0.3 is 9.84 Å². The standard InChI is InChI=1S/C12H13FN2O3/c1-12(2,3)18-11(17)15-7-5-4-6-8(16)9(7)10(13)14-15/h4-6,16H,1-3H3. The van der Waals surface area contributed by atoms with Gasteiger partial charge in [0, 0.05) is 0 Å². The lowest BCUT2D eigenvalue weighted by atomic mass is 10.2. The number of carbonyl (C=O) groups excluding carboxylic acids is 1. The second-order valence-electron chi connectivity index (χ2n) is 4.85. The van der Waals surface area contributed by atoms with E-state index in [-0.39, 0.29) is 16.7 Å². The summed E-state index contributed by atoms with van der Waals surface area (Å²) in [5.74, 6) is -1.17. The van der Waals surface area contributed by atoms with E-state index in [2.05, 4.69) is 5.10 Å². The Morgan fingerprint density at radius 1 is 1.44 bits per heavy atom. The number of phenolic OH excluding ortho intramolecular Hbond substituents is 1. The van der Waals surface area contributed by atoms with Crippen molar-refractivity contribution < 1.29 is 19.0 Å². The van der Waals surface area contributed by atoms with Crippen LogP contribution in [0.4, 0.5) is 9.18 Å². The zero-order chi connectivity index (χ0) is 13.5. The van der Waals surface area contributed by atoms with E-state index in [0.29, 0.717) is 0 Å². The van der Waals surface area contributed by atoms with Crippen LogP contribution >= 0.6 is 0 Å². The minimum Gasteiger partial charge on any atom is -0.507 e. The number of phenols is 1. The van der Waals surface area contributed by atoms with Gasteiger partial charge in [0.2, 0.25) is 5.95 Å². The molecule has 0 unspecified atom stereocenters. The largest absolute Gasteiger partial charge is 0.507 e. The molecule has 0 bridgehead atoms. The molecular weight excluding hydrogens is 239 g/mol. The number of fused-ring (bicyclic) bond motifs is 1. The van der Waals surface area contributed by atoms with Gasteiger partial charge in [-0.05, 0) is 32.9 Å². The fourth-order valence-electron chi connectivity index (χ4n) is 1.55. The van der Waals surface area contributed by atoms with Crippen LogP contribution in [0.2, 0.25) is 0 Å². The average molecular weight is 252 g/mol. The molecule has 1 aromatic heterocycles. The molecule has 0 atom stereocenters. The number of carbonyl (C=O) groups is 1. The van der Waals surface area contributed by atoms with Crippen molar-refractivity contribution in [3.05, 3.63) is 24.1 Å². The van der Waals surface area contributed by atoms with Crippen molar-refractivity contribution in [3.63, 3.8) is 0 Å². The molecule has 0 aliphatic heterocycles. The number of rotatable bonds is 0. The van der Waals surface area contributed by atoms with Crippen molar-refractivity contribution in [3.8, 4) is 5.75 Å². The first-order valence-electron chi connectivity index (χ1n) is 5.39. The molecule has 0 saturated carbocycles. The molecule has 96 valence electrons. The molecule has 1 heterocycles. The molecule has 2 rings (SSSR count). The van der Waals surface area contributed by atoms with Crippen molar-refractivity contribution in [1.82, 2.24) is 9.78 Å². The number of benzene rings is 1. The Hall–Kier alpha value is -2.11. The maximum Gasteiger partial charge on any atom is 0.435 e. The number of hydrogen-bond acceptors (Lipinski definition) is 4. The molecule has 5 nitrogen and oxygen atoms in total. The smallest absolute Gasteiger partial charge is 0.435 e. The van der Waals surface area contributed by atoms with Crippen molar-refractivity contribution in [2.75, 3.05) is 0 Å². The van der Waals surface area contributed by atoms with Crippen molar-refractivity contribution in [2.24, 2.45) is 0 Å². The summed E-state index contributed by atoms with van der Waals surface area (Å²) in [6, 6.07) is 4.31. The third-order valence-electron chi connectivity index (χ3n) is 2.21. The highest BCUT2D eigenvalue weighted by Crippen LogP contribution is 2.27. The van der Waals surface area contributed by atoms with E-state index in [0.717, 1.165) is 4.68 Å². The van der Waals surface area contributed by atoms with E-state index in [1.54, 1.807) is 20.8 Å². The highest BCUT2D eigenvalue weighted by molar-refractivity contribution is 5.91. The van der Waals surface area contributed by atoms with Crippen LogP contribution in [-0.4, -0.2) is 26.6 Å². The Morgan fingerprint density at radius 2 is 2.11 bits per heavy atom. The molecule has 0 fully saturated rings. The lowest BCUT2D eigenvalue weighted by molar-refractivity contribution is 0.0519. The predicted octanol–water partition coefficient (Wildman–Crippen LogP) is 2.66. The fraction of sp³-hybridized carbons (Fsp3) is 0.333. The first-order valence-corrected chi connectivity index (χ1v) is 5.39. The van der Waals surface area contributed by atoms with Gasteiger partial charge >= 0.3 is 6.09 Å². The minimum atomic E-state index is -0.908. The minimum absolute atomic E-state index is 0.0941. The first-order chi connectivity index (χ1) is 8.29. The van der Waals surface area contributed by atoms with E-state index in [1.165, 1.54) is 18.2 Å². The molecule has 0 amide bonds. The summed E-state index contributed by atoms with van der Waals surface area (Å²) >= 11 is 0. The van der Waals surface area contributed by atoms with Crippen LogP contribution in [0.25, 0.3) is 10.9 Å². The van der Waals surface area contributed by atoms with Crippen LogP contribution < -0.4 is 0 Å². The predicted molar refractivity (Wildman–Crippen MR) is 63.0 cm³/mol. The van der Waals surface area contributed by atoms with E-state index in [1.807, 2.05) is 0 Å². The Morgan fingerprint density at radius 3 is 2.72 bits per heavy atom. The number of ether oxygens (including phenoxy) is 1. The zero-order valence-electron chi connectivity index (χ0n) is 10.3. The monoisotopic (exact) mass is 252 g/mol. The molecule has 0 spiro atoms. The van der Waals surface area contributed by atoms with Crippen LogP contribution in [0.1, 0.15) is 20.8 Å².